The van der Waals surface area contributed by atoms with Gasteiger partial charge in [-0.1, -0.05) is 148 Å². The first-order chi connectivity index (χ1) is 18.5. The molecule has 0 unspecified atom stereocenters. The molecule has 2 aromatic carbocycles. The monoisotopic (exact) mass is 582 g/mol. The molecule has 0 amide bonds. The van der Waals surface area contributed by atoms with Crippen LogP contribution in [-0.4, -0.2) is 13.0 Å². The average Bonchev–Trinajstić information content (AvgIpc) is 2.89. The summed E-state index contributed by atoms with van der Waals surface area (Å²) in [4.78, 5) is -0.00329. The van der Waals surface area contributed by atoms with Gasteiger partial charge in [0.2, 0.25) is 0 Å². The van der Waals surface area contributed by atoms with Crippen molar-refractivity contribution in [1.82, 2.24) is 0 Å². The van der Waals surface area contributed by atoms with Crippen molar-refractivity contribution in [3.8, 4) is 0 Å². The molecule has 5 heteroatoms. The van der Waals surface area contributed by atoms with Gasteiger partial charge in [0.25, 0.3) is 0 Å². The largest absolute Gasteiger partial charge is 1.00 e. The van der Waals surface area contributed by atoms with Crippen LogP contribution in [-0.2, 0) is 23.0 Å². The van der Waals surface area contributed by atoms with E-state index in [1.165, 1.54) is 109 Å². The minimum absolute atomic E-state index is 0. The molecule has 0 saturated carbocycles. The fourth-order valence-corrected chi connectivity index (χ4v) is 6.41. The third kappa shape index (κ3) is 15.9. The molecule has 0 N–H and O–H groups in total. The summed E-state index contributed by atoms with van der Waals surface area (Å²) in [6, 6.07) is 9.87. The normalized spacial score (nSPS) is 11.7. The van der Waals surface area contributed by atoms with Gasteiger partial charge in [-0.15, -0.1) is 0 Å². The maximum absolute atomic E-state index is 12.2. The number of fused-ring (bicyclic) bond motifs is 1. The smallest absolute Gasteiger partial charge is 0.744 e. The quantitative estimate of drug-likeness (QED) is 0.0767. The van der Waals surface area contributed by atoms with Gasteiger partial charge in [-0.05, 0) is 59.7 Å². The van der Waals surface area contributed by atoms with Gasteiger partial charge in [-0.25, -0.2) is 8.42 Å². The average molecular weight is 583 g/mol. The minimum Gasteiger partial charge on any atom is -0.744 e. The van der Waals surface area contributed by atoms with Crippen molar-refractivity contribution in [2.24, 2.45) is 0 Å². The van der Waals surface area contributed by atoms with Gasteiger partial charge in [0.1, 0.15) is 10.1 Å². The molecule has 0 aromatic heterocycles. The summed E-state index contributed by atoms with van der Waals surface area (Å²) in [5.74, 6) is 0. The van der Waals surface area contributed by atoms with Gasteiger partial charge in [-0.2, -0.15) is 0 Å². The van der Waals surface area contributed by atoms with Crippen molar-refractivity contribution in [3.63, 3.8) is 0 Å². The predicted molar refractivity (Wildman–Crippen MR) is 163 cm³/mol. The maximum atomic E-state index is 12.2. The zero-order chi connectivity index (χ0) is 27.5. The Hall–Kier alpha value is 0.246. The molecule has 216 valence electrons. The van der Waals surface area contributed by atoms with Crippen LogP contribution in [0.1, 0.15) is 153 Å². The summed E-state index contributed by atoms with van der Waals surface area (Å²) < 4.78 is 36.5. The first-order valence-corrected chi connectivity index (χ1v) is 17.4. The summed E-state index contributed by atoms with van der Waals surface area (Å²) in [5.41, 5.74) is 1.86. The van der Waals surface area contributed by atoms with Gasteiger partial charge in [0.05, 0.1) is 4.90 Å². The second kappa shape index (κ2) is 22.8. The van der Waals surface area contributed by atoms with E-state index < -0.39 is 10.1 Å². The van der Waals surface area contributed by atoms with Gasteiger partial charge in [0.15, 0.2) is 0 Å². The second-order valence-corrected chi connectivity index (χ2v) is 12.8. The van der Waals surface area contributed by atoms with Crippen LogP contribution in [0.15, 0.2) is 35.2 Å². The number of aryl methyl sites for hydroxylation is 2. The molecule has 0 radical (unpaired) electrons. The first kappa shape index (κ1) is 37.3. The summed E-state index contributed by atoms with van der Waals surface area (Å²) in [7, 11) is -4.50. The van der Waals surface area contributed by atoms with Gasteiger partial charge in [0, 0.05) is 0 Å². The minimum atomic E-state index is -4.50. The molecule has 3 nitrogen and oxygen atoms in total. The van der Waals surface area contributed by atoms with Crippen molar-refractivity contribution >= 4 is 20.9 Å². The second-order valence-electron chi connectivity index (χ2n) is 11.4. The molecule has 0 heterocycles. The molecule has 39 heavy (non-hydrogen) atoms. The summed E-state index contributed by atoms with van der Waals surface area (Å²) in [6.07, 6.45) is 27.0. The summed E-state index contributed by atoms with van der Waals surface area (Å²) in [5, 5.41) is 1.99. The number of unbranched alkanes of at least 4 members (excludes halogenated alkanes) is 18. The third-order valence-electron chi connectivity index (χ3n) is 8.02. The molecule has 0 saturated heterocycles. The van der Waals surface area contributed by atoms with E-state index in [1.54, 1.807) is 6.07 Å². The SMILES string of the molecule is CCCCCCCCCCCCc1cc2cccc(CCCCCCCCCCCC)c2cc1S(=O)(=O)[O-].[K+]. The Labute approximate surface area is 283 Å². The zero-order valence-corrected chi connectivity index (χ0v) is 29.5. The molecular formula is C34H55KO3S. The standard InChI is InChI=1S/C34H56O3S.K/c1-3-5-7-9-11-13-15-17-19-21-24-30-26-23-27-31-28-32(34(29-33(30)31)38(35,36)37)25-22-20-18-16-14-12-10-8-6-4-2;/h23,26-29H,3-22,24-25H2,1-2H3,(H,35,36,37);/q;+1/p-1. The van der Waals surface area contributed by atoms with Crippen LogP contribution in [0.3, 0.4) is 0 Å². The van der Waals surface area contributed by atoms with Gasteiger partial charge in [-0.3, -0.25) is 0 Å². The van der Waals surface area contributed by atoms with E-state index in [2.05, 4.69) is 32.0 Å². The Morgan fingerprint density at radius 2 is 0.974 bits per heavy atom. The molecule has 0 fully saturated rings. The zero-order valence-electron chi connectivity index (χ0n) is 25.6. The fraction of sp³-hybridized carbons (Fsp3) is 0.706. The molecule has 0 atom stereocenters. The fourth-order valence-electron chi connectivity index (χ4n) is 5.67. The molecule has 2 rings (SSSR count). The summed E-state index contributed by atoms with van der Waals surface area (Å²) in [6.45, 7) is 4.51. The Morgan fingerprint density at radius 1 is 0.564 bits per heavy atom. The molecule has 0 aliphatic heterocycles. The van der Waals surface area contributed by atoms with E-state index in [1.807, 2.05) is 6.07 Å². The van der Waals surface area contributed by atoms with E-state index in [4.69, 9.17) is 0 Å². The molecule has 0 aliphatic rings. The topological polar surface area (TPSA) is 57.2 Å². The van der Waals surface area contributed by atoms with Crippen LogP contribution in [0, 0.1) is 0 Å². The van der Waals surface area contributed by atoms with Crippen LogP contribution >= 0.6 is 0 Å². The number of hydrogen-bond donors (Lipinski definition) is 0. The van der Waals surface area contributed by atoms with Crippen molar-refractivity contribution in [2.75, 3.05) is 0 Å². The van der Waals surface area contributed by atoms with E-state index in [0.717, 1.165) is 42.0 Å². The van der Waals surface area contributed by atoms with Crippen molar-refractivity contribution in [1.29, 1.82) is 0 Å². The van der Waals surface area contributed by atoms with Crippen LogP contribution in [0.2, 0.25) is 0 Å². The molecule has 0 spiro atoms. The number of hydrogen-bond acceptors (Lipinski definition) is 3. The van der Waals surface area contributed by atoms with E-state index in [9.17, 15) is 13.0 Å². The Kier molecular flexibility index (Phi) is 21.8. The van der Waals surface area contributed by atoms with Crippen LogP contribution in [0.5, 0.6) is 0 Å². The predicted octanol–water partition coefficient (Wildman–Crippen LogP) is 7.67. The third-order valence-corrected chi connectivity index (χ3v) is 8.94. The van der Waals surface area contributed by atoms with Gasteiger partial charge >= 0.3 is 51.4 Å². The molecule has 0 bridgehead atoms. The molecular weight excluding hydrogens is 528 g/mol. The van der Waals surface area contributed by atoms with Crippen LogP contribution in [0.4, 0.5) is 0 Å². The van der Waals surface area contributed by atoms with E-state index >= 15 is 0 Å². The van der Waals surface area contributed by atoms with Crippen molar-refractivity contribution in [2.45, 2.75) is 160 Å². The van der Waals surface area contributed by atoms with Crippen molar-refractivity contribution < 1.29 is 64.4 Å². The van der Waals surface area contributed by atoms with Crippen LogP contribution < -0.4 is 51.4 Å². The first-order valence-electron chi connectivity index (χ1n) is 16.0. The maximum Gasteiger partial charge on any atom is 1.00 e. The Balaban J connectivity index is 0.00000760. The van der Waals surface area contributed by atoms with E-state index in [-0.39, 0.29) is 56.3 Å². The Morgan fingerprint density at radius 3 is 1.41 bits per heavy atom. The van der Waals surface area contributed by atoms with Crippen molar-refractivity contribution in [3.05, 3.63) is 41.5 Å². The summed E-state index contributed by atoms with van der Waals surface area (Å²) >= 11 is 0. The van der Waals surface area contributed by atoms with Crippen LogP contribution in [0.25, 0.3) is 10.8 Å². The van der Waals surface area contributed by atoms with Gasteiger partial charge < -0.3 is 4.55 Å². The number of rotatable bonds is 23. The number of benzene rings is 2. The van der Waals surface area contributed by atoms with E-state index in [0.29, 0.717) is 12.0 Å². The molecule has 2 aromatic rings. The Bertz CT molecular complexity index is 1000. The molecule has 0 aliphatic carbocycles.